The van der Waals surface area contributed by atoms with Gasteiger partial charge in [0.05, 0.1) is 12.6 Å². The zero-order valence-electron chi connectivity index (χ0n) is 14.3. The summed E-state index contributed by atoms with van der Waals surface area (Å²) >= 11 is 0. The molecule has 0 aliphatic carbocycles. The Kier molecular flexibility index (Phi) is 10.0. The van der Waals surface area contributed by atoms with Gasteiger partial charge in [-0.1, -0.05) is 40.5 Å². The van der Waals surface area contributed by atoms with Crippen LogP contribution in [0, 0.1) is 5.92 Å². The Balaban J connectivity index is 4.62. The first kappa shape index (κ1) is 19.9. The van der Waals surface area contributed by atoms with Crippen molar-refractivity contribution < 1.29 is 9.59 Å². The second kappa shape index (κ2) is 10.6. The summed E-state index contributed by atoms with van der Waals surface area (Å²) in [5.74, 6) is -0.212. The Hall–Kier alpha value is -1.10. The summed E-state index contributed by atoms with van der Waals surface area (Å²) in [5, 5.41) is 3.04. The van der Waals surface area contributed by atoms with E-state index in [9.17, 15) is 9.59 Å². The molecular formula is C16H33N3O2. The predicted molar refractivity (Wildman–Crippen MR) is 86.8 cm³/mol. The molecule has 5 nitrogen and oxygen atoms in total. The third kappa shape index (κ3) is 6.93. The molecule has 0 aliphatic heterocycles. The quantitative estimate of drug-likeness (QED) is 0.612. The van der Waals surface area contributed by atoms with E-state index in [1.165, 1.54) is 0 Å². The van der Waals surface area contributed by atoms with Crippen molar-refractivity contribution >= 4 is 11.8 Å². The molecule has 0 bridgehead atoms. The Morgan fingerprint density at radius 1 is 1.14 bits per heavy atom. The third-order valence-electron chi connectivity index (χ3n) is 4.19. The molecule has 0 heterocycles. The number of hydrogen-bond donors (Lipinski definition) is 2. The lowest BCUT2D eigenvalue weighted by Gasteiger charge is -2.30. The monoisotopic (exact) mass is 299 g/mol. The SMILES string of the molecule is CCCCN(C(=O)CN[C@H](C(N)=O)[C@H](C)CC)[C@H](C)CC. The standard InChI is InChI=1S/C16H33N3O2/c1-6-9-10-19(13(5)8-3)14(20)11-18-15(16(17)21)12(4)7-2/h12-13,15,18H,6-11H2,1-5H3,(H2,17,21)/t12-,13-,15+/m1/s1. The third-order valence-corrected chi connectivity index (χ3v) is 4.19. The Bertz CT molecular complexity index is 321. The minimum absolute atomic E-state index is 0.0485. The molecule has 2 amide bonds. The van der Waals surface area contributed by atoms with Gasteiger partial charge in [-0.3, -0.25) is 14.9 Å². The van der Waals surface area contributed by atoms with Gasteiger partial charge in [-0.2, -0.15) is 0 Å². The molecule has 0 fully saturated rings. The number of hydrogen-bond acceptors (Lipinski definition) is 3. The van der Waals surface area contributed by atoms with Crippen LogP contribution in [0.25, 0.3) is 0 Å². The van der Waals surface area contributed by atoms with Crippen LogP contribution in [-0.4, -0.2) is 41.9 Å². The van der Waals surface area contributed by atoms with Crippen LogP contribution in [-0.2, 0) is 9.59 Å². The molecule has 3 atom stereocenters. The van der Waals surface area contributed by atoms with E-state index in [0.29, 0.717) is 0 Å². The van der Waals surface area contributed by atoms with Crippen molar-refractivity contribution in [2.45, 2.75) is 72.4 Å². The maximum absolute atomic E-state index is 12.4. The summed E-state index contributed by atoms with van der Waals surface area (Å²) in [6, 6.07) is -0.217. The second-order valence-corrected chi connectivity index (χ2v) is 5.84. The van der Waals surface area contributed by atoms with Crippen LogP contribution in [0.15, 0.2) is 0 Å². The number of amides is 2. The summed E-state index contributed by atoms with van der Waals surface area (Å²) in [4.78, 5) is 25.8. The molecule has 0 aromatic heterocycles. The Labute approximate surface area is 129 Å². The van der Waals surface area contributed by atoms with Crippen LogP contribution < -0.4 is 11.1 Å². The maximum atomic E-state index is 12.4. The minimum atomic E-state index is -0.441. The van der Waals surface area contributed by atoms with Crippen LogP contribution >= 0.6 is 0 Å². The lowest BCUT2D eigenvalue weighted by molar-refractivity contribution is -0.132. The highest BCUT2D eigenvalue weighted by molar-refractivity contribution is 5.82. The molecule has 0 rings (SSSR count). The minimum Gasteiger partial charge on any atom is -0.368 e. The van der Waals surface area contributed by atoms with Gasteiger partial charge in [0.1, 0.15) is 0 Å². The normalized spacial score (nSPS) is 15.3. The fourth-order valence-corrected chi connectivity index (χ4v) is 2.26. The van der Waals surface area contributed by atoms with Crippen molar-refractivity contribution in [3.63, 3.8) is 0 Å². The van der Waals surface area contributed by atoms with Gasteiger partial charge in [0, 0.05) is 12.6 Å². The highest BCUT2D eigenvalue weighted by Crippen LogP contribution is 2.09. The van der Waals surface area contributed by atoms with Crippen molar-refractivity contribution in [1.82, 2.24) is 10.2 Å². The molecular weight excluding hydrogens is 266 g/mol. The molecule has 124 valence electrons. The van der Waals surface area contributed by atoms with Crippen LogP contribution in [0.1, 0.15) is 60.3 Å². The number of unbranched alkanes of at least 4 members (excludes halogenated alkanes) is 1. The lowest BCUT2D eigenvalue weighted by atomic mass is 9.98. The van der Waals surface area contributed by atoms with Gasteiger partial charge < -0.3 is 10.6 Å². The Morgan fingerprint density at radius 3 is 2.19 bits per heavy atom. The fraction of sp³-hybridized carbons (Fsp3) is 0.875. The van der Waals surface area contributed by atoms with Gasteiger partial charge in [-0.05, 0) is 25.7 Å². The lowest BCUT2D eigenvalue weighted by Crippen LogP contribution is -2.51. The molecule has 5 heteroatoms. The zero-order chi connectivity index (χ0) is 16.4. The number of nitrogens with zero attached hydrogens (tertiary/aromatic N) is 1. The van der Waals surface area contributed by atoms with Crippen LogP contribution in [0.3, 0.4) is 0 Å². The molecule has 0 radical (unpaired) electrons. The molecule has 0 spiro atoms. The van der Waals surface area contributed by atoms with E-state index in [4.69, 9.17) is 5.73 Å². The van der Waals surface area contributed by atoms with Crippen molar-refractivity contribution in [1.29, 1.82) is 0 Å². The summed E-state index contributed by atoms with van der Waals surface area (Å²) in [7, 11) is 0. The second-order valence-electron chi connectivity index (χ2n) is 5.84. The molecule has 0 unspecified atom stereocenters. The number of rotatable bonds is 11. The molecule has 0 saturated carbocycles. The van der Waals surface area contributed by atoms with Crippen molar-refractivity contribution in [2.24, 2.45) is 11.7 Å². The topological polar surface area (TPSA) is 75.4 Å². The van der Waals surface area contributed by atoms with Gasteiger partial charge >= 0.3 is 0 Å². The Morgan fingerprint density at radius 2 is 1.76 bits per heavy atom. The number of primary amides is 1. The van der Waals surface area contributed by atoms with E-state index in [0.717, 1.165) is 32.2 Å². The predicted octanol–water partition coefficient (Wildman–Crippen LogP) is 1.90. The average molecular weight is 299 g/mol. The van der Waals surface area contributed by atoms with Crippen LogP contribution in [0.5, 0.6) is 0 Å². The van der Waals surface area contributed by atoms with Crippen molar-refractivity contribution in [2.75, 3.05) is 13.1 Å². The van der Waals surface area contributed by atoms with Gasteiger partial charge in [0.25, 0.3) is 0 Å². The van der Waals surface area contributed by atoms with Gasteiger partial charge in [-0.15, -0.1) is 0 Å². The first-order valence-corrected chi connectivity index (χ1v) is 8.21. The highest BCUT2D eigenvalue weighted by Gasteiger charge is 2.24. The molecule has 0 aromatic carbocycles. The van der Waals surface area contributed by atoms with E-state index in [2.05, 4.69) is 26.1 Å². The van der Waals surface area contributed by atoms with E-state index in [1.807, 2.05) is 18.7 Å². The van der Waals surface area contributed by atoms with Gasteiger partial charge in [0.15, 0.2) is 0 Å². The van der Waals surface area contributed by atoms with Crippen molar-refractivity contribution in [3.05, 3.63) is 0 Å². The average Bonchev–Trinajstić information content (AvgIpc) is 2.46. The van der Waals surface area contributed by atoms with Crippen LogP contribution in [0.4, 0.5) is 0 Å². The first-order chi connectivity index (χ1) is 9.88. The van der Waals surface area contributed by atoms with Crippen molar-refractivity contribution in [3.8, 4) is 0 Å². The zero-order valence-corrected chi connectivity index (χ0v) is 14.3. The molecule has 3 N–H and O–H groups in total. The van der Waals surface area contributed by atoms with Gasteiger partial charge in [0.2, 0.25) is 11.8 Å². The molecule has 0 saturated heterocycles. The van der Waals surface area contributed by atoms with E-state index >= 15 is 0 Å². The number of carbonyl (C=O) groups is 2. The number of nitrogens with one attached hydrogen (secondary N) is 1. The maximum Gasteiger partial charge on any atom is 0.236 e. The first-order valence-electron chi connectivity index (χ1n) is 8.21. The summed E-state index contributed by atoms with van der Waals surface area (Å²) in [6.45, 7) is 11.2. The largest absolute Gasteiger partial charge is 0.368 e. The van der Waals surface area contributed by atoms with E-state index < -0.39 is 6.04 Å². The van der Waals surface area contributed by atoms with Gasteiger partial charge in [-0.25, -0.2) is 0 Å². The van der Waals surface area contributed by atoms with E-state index in [1.54, 1.807) is 0 Å². The smallest absolute Gasteiger partial charge is 0.236 e. The van der Waals surface area contributed by atoms with E-state index in [-0.39, 0.29) is 30.3 Å². The summed E-state index contributed by atoms with van der Waals surface area (Å²) in [6.07, 6.45) is 3.84. The molecule has 0 aromatic rings. The fourth-order valence-electron chi connectivity index (χ4n) is 2.26. The number of carbonyl (C=O) groups excluding carboxylic acids is 2. The summed E-state index contributed by atoms with van der Waals surface area (Å²) in [5.41, 5.74) is 5.42. The highest BCUT2D eigenvalue weighted by atomic mass is 16.2. The number of nitrogens with two attached hydrogens (primary N) is 1. The summed E-state index contributed by atoms with van der Waals surface area (Å²) < 4.78 is 0. The van der Waals surface area contributed by atoms with Crippen LogP contribution in [0.2, 0.25) is 0 Å². The molecule has 0 aliphatic rings. The molecule has 21 heavy (non-hydrogen) atoms.